The molecule has 0 saturated heterocycles. The lowest BCUT2D eigenvalue weighted by Gasteiger charge is -2.14. The van der Waals surface area contributed by atoms with E-state index in [1.165, 1.54) is 0 Å². The van der Waals surface area contributed by atoms with Crippen LogP contribution in [0.5, 0.6) is 0 Å². The molecule has 0 aliphatic carbocycles. The molecule has 2 unspecified atom stereocenters. The van der Waals surface area contributed by atoms with Crippen LogP contribution in [-0.4, -0.2) is 21.8 Å². The number of amides is 2. The number of carbonyl (C=O) groups excluding carboxylic acids is 2. The number of hydrogen-bond acceptors (Lipinski definition) is 6. The van der Waals surface area contributed by atoms with Crippen LogP contribution in [0.4, 0.5) is 11.4 Å². The largest absolute Gasteiger partial charge is 0.436 e. The molecule has 0 fully saturated rings. The van der Waals surface area contributed by atoms with Gasteiger partial charge in [-0.1, -0.05) is 53.4 Å². The number of rotatable bonds is 14. The molecule has 2 aromatic heterocycles. The summed E-state index contributed by atoms with van der Waals surface area (Å²) in [6, 6.07) is 18.7. The zero-order chi connectivity index (χ0) is 31.1. The Labute approximate surface area is 258 Å². The number of oxazole rings is 2. The van der Waals surface area contributed by atoms with Gasteiger partial charge in [-0.2, -0.15) is 0 Å². The van der Waals surface area contributed by atoms with Crippen LogP contribution in [0.3, 0.4) is 0 Å². The summed E-state index contributed by atoms with van der Waals surface area (Å²) in [6.45, 7) is 8.39. The Morgan fingerprint density at radius 3 is 1.36 bits per heavy atom. The first kappa shape index (κ1) is 31.0. The molecule has 0 radical (unpaired) electrons. The maximum Gasteiger partial charge on any atom is 0.227 e. The van der Waals surface area contributed by atoms with E-state index in [1.54, 1.807) is 0 Å². The summed E-state index contributed by atoms with van der Waals surface area (Å²) in [7, 11) is 0. The van der Waals surface area contributed by atoms with Crippen molar-refractivity contribution in [2.24, 2.45) is 11.8 Å². The van der Waals surface area contributed by atoms with E-state index in [-0.39, 0.29) is 23.7 Å². The van der Waals surface area contributed by atoms with Gasteiger partial charge in [0.1, 0.15) is 11.0 Å². The Bertz CT molecular complexity index is 1530. The van der Waals surface area contributed by atoms with Crippen molar-refractivity contribution >= 4 is 45.4 Å². The first-order valence-corrected chi connectivity index (χ1v) is 16.0. The number of benzene rings is 3. The van der Waals surface area contributed by atoms with E-state index in [9.17, 15) is 9.59 Å². The zero-order valence-corrected chi connectivity index (χ0v) is 26.1. The van der Waals surface area contributed by atoms with Gasteiger partial charge in [0, 0.05) is 46.5 Å². The summed E-state index contributed by atoms with van der Waals surface area (Å²) in [6.07, 6.45) is 7.74. The Hall–Kier alpha value is -4.46. The number of carbonyl (C=O) groups is 2. The standard InChI is InChI=1S/C36H42N4O4/c1-5-9-11-23(7-3)33(41)37-27-17-13-25(14-18-27)35-39-29-21-32-30(22-31(29)43-35)40-36(44-32)26-15-19-28(20-16-26)38-34(42)24(8-4)12-10-6-2/h13-24H,5-12H2,1-4H3,(H,37,41)(H,38,42). The quantitative estimate of drug-likeness (QED) is 0.132. The molecule has 2 N–H and O–H groups in total. The van der Waals surface area contributed by atoms with Gasteiger partial charge < -0.3 is 19.5 Å². The minimum Gasteiger partial charge on any atom is -0.436 e. The summed E-state index contributed by atoms with van der Waals surface area (Å²) >= 11 is 0. The molecule has 0 saturated carbocycles. The normalized spacial score (nSPS) is 12.8. The van der Waals surface area contributed by atoms with Crippen LogP contribution < -0.4 is 10.6 Å². The van der Waals surface area contributed by atoms with Gasteiger partial charge in [-0.3, -0.25) is 9.59 Å². The average molecular weight is 595 g/mol. The molecule has 8 nitrogen and oxygen atoms in total. The number of nitrogens with one attached hydrogen (secondary N) is 2. The topological polar surface area (TPSA) is 110 Å². The maximum absolute atomic E-state index is 12.7. The fourth-order valence-corrected chi connectivity index (χ4v) is 5.42. The number of hydrogen-bond donors (Lipinski definition) is 2. The molecule has 5 rings (SSSR count). The molecule has 230 valence electrons. The van der Waals surface area contributed by atoms with E-state index in [0.717, 1.165) is 73.9 Å². The summed E-state index contributed by atoms with van der Waals surface area (Å²) in [5, 5.41) is 6.08. The highest BCUT2D eigenvalue weighted by molar-refractivity contribution is 5.94. The molecule has 0 bridgehead atoms. The molecule has 2 heterocycles. The summed E-state index contributed by atoms with van der Waals surface area (Å²) in [5.41, 5.74) is 5.69. The molecule has 0 aliphatic rings. The Balaban J connectivity index is 1.27. The molecular weight excluding hydrogens is 552 g/mol. The highest BCUT2D eigenvalue weighted by Crippen LogP contribution is 2.32. The first-order chi connectivity index (χ1) is 21.4. The monoisotopic (exact) mass is 594 g/mol. The van der Waals surface area contributed by atoms with E-state index in [0.29, 0.717) is 34.0 Å². The number of unbranched alkanes of at least 4 members (excludes halogenated alkanes) is 2. The Kier molecular flexibility index (Phi) is 10.1. The first-order valence-electron chi connectivity index (χ1n) is 16.0. The zero-order valence-electron chi connectivity index (χ0n) is 26.1. The third-order valence-electron chi connectivity index (χ3n) is 8.24. The highest BCUT2D eigenvalue weighted by Gasteiger charge is 2.18. The number of fused-ring (bicyclic) bond motifs is 2. The van der Waals surface area contributed by atoms with Gasteiger partial charge >= 0.3 is 0 Å². The van der Waals surface area contributed by atoms with Gasteiger partial charge in [0.05, 0.1) is 0 Å². The van der Waals surface area contributed by atoms with Crippen molar-refractivity contribution in [3.8, 4) is 22.9 Å². The average Bonchev–Trinajstić information content (AvgIpc) is 3.64. The molecule has 2 amide bonds. The van der Waals surface area contributed by atoms with E-state index in [1.807, 2.05) is 60.7 Å². The van der Waals surface area contributed by atoms with E-state index in [4.69, 9.17) is 8.83 Å². The number of aromatic nitrogens is 2. The van der Waals surface area contributed by atoms with Crippen molar-refractivity contribution in [2.45, 2.75) is 79.1 Å². The molecule has 44 heavy (non-hydrogen) atoms. The Morgan fingerprint density at radius 1 is 0.636 bits per heavy atom. The van der Waals surface area contributed by atoms with E-state index in [2.05, 4.69) is 48.3 Å². The second-order valence-corrected chi connectivity index (χ2v) is 11.5. The predicted molar refractivity (Wildman–Crippen MR) is 176 cm³/mol. The third-order valence-corrected chi connectivity index (χ3v) is 8.24. The van der Waals surface area contributed by atoms with Crippen LogP contribution in [0.25, 0.3) is 45.1 Å². The van der Waals surface area contributed by atoms with Gasteiger partial charge in [0.2, 0.25) is 23.6 Å². The smallest absolute Gasteiger partial charge is 0.227 e. The molecule has 2 atom stereocenters. The fraction of sp³-hybridized carbons (Fsp3) is 0.389. The van der Waals surface area contributed by atoms with Crippen molar-refractivity contribution in [2.75, 3.05) is 10.6 Å². The maximum atomic E-state index is 12.7. The highest BCUT2D eigenvalue weighted by atomic mass is 16.4. The minimum absolute atomic E-state index is 0.0276. The van der Waals surface area contributed by atoms with Crippen LogP contribution in [0, 0.1) is 11.8 Å². The Morgan fingerprint density at radius 2 is 1.02 bits per heavy atom. The van der Waals surface area contributed by atoms with Gasteiger partial charge in [0.15, 0.2) is 11.2 Å². The molecule has 8 heteroatoms. The summed E-state index contributed by atoms with van der Waals surface area (Å²) in [5.74, 6) is 1.15. The molecule has 5 aromatic rings. The second kappa shape index (κ2) is 14.3. The van der Waals surface area contributed by atoms with Gasteiger partial charge in [-0.05, 0) is 74.2 Å². The van der Waals surface area contributed by atoms with E-state index >= 15 is 0 Å². The van der Waals surface area contributed by atoms with Gasteiger partial charge in [-0.25, -0.2) is 9.97 Å². The number of anilines is 2. The third kappa shape index (κ3) is 7.18. The van der Waals surface area contributed by atoms with Crippen molar-refractivity contribution < 1.29 is 18.4 Å². The SMILES string of the molecule is CCCCC(CC)C(=O)Nc1ccc(-c2nc3cc4oc(-c5ccc(NC(=O)C(CC)CCCC)cc5)nc4cc3o2)cc1. The van der Waals surface area contributed by atoms with E-state index < -0.39 is 0 Å². The number of nitrogens with zero attached hydrogens (tertiary/aromatic N) is 2. The van der Waals surface area contributed by atoms with Gasteiger partial charge in [0.25, 0.3) is 0 Å². The molecule has 3 aromatic carbocycles. The van der Waals surface area contributed by atoms with Crippen molar-refractivity contribution in [3.05, 3.63) is 60.7 Å². The van der Waals surface area contributed by atoms with Crippen molar-refractivity contribution in [1.82, 2.24) is 9.97 Å². The van der Waals surface area contributed by atoms with Crippen LogP contribution in [0.1, 0.15) is 79.1 Å². The summed E-state index contributed by atoms with van der Waals surface area (Å²) < 4.78 is 12.2. The van der Waals surface area contributed by atoms with Crippen LogP contribution >= 0.6 is 0 Å². The molecule has 0 aliphatic heterocycles. The molecular formula is C36H42N4O4. The lowest BCUT2D eigenvalue weighted by Crippen LogP contribution is -2.22. The van der Waals surface area contributed by atoms with Crippen LogP contribution in [0.15, 0.2) is 69.5 Å². The van der Waals surface area contributed by atoms with Crippen molar-refractivity contribution in [1.29, 1.82) is 0 Å². The minimum atomic E-state index is 0.0276. The van der Waals surface area contributed by atoms with Crippen molar-refractivity contribution in [3.63, 3.8) is 0 Å². The lowest BCUT2D eigenvalue weighted by atomic mass is 9.98. The fourth-order valence-electron chi connectivity index (χ4n) is 5.42. The predicted octanol–water partition coefficient (Wildman–Crippen LogP) is 9.61. The summed E-state index contributed by atoms with van der Waals surface area (Å²) in [4.78, 5) is 34.7. The lowest BCUT2D eigenvalue weighted by molar-refractivity contribution is -0.121. The van der Waals surface area contributed by atoms with Crippen LogP contribution in [0.2, 0.25) is 0 Å². The van der Waals surface area contributed by atoms with Gasteiger partial charge in [-0.15, -0.1) is 0 Å². The second-order valence-electron chi connectivity index (χ2n) is 11.5. The van der Waals surface area contributed by atoms with Crippen LogP contribution in [-0.2, 0) is 9.59 Å². The molecule has 0 spiro atoms.